The molecule has 1 aromatic carbocycles. The molecule has 0 bridgehead atoms. The van der Waals surface area contributed by atoms with Crippen LogP contribution in [0.2, 0.25) is 0 Å². The third-order valence-corrected chi connectivity index (χ3v) is 2.90. The molecule has 0 fully saturated rings. The Bertz CT molecular complexity index is 490. The summed E-state index contributed by atoms with van der Waals surface area (Å²) >= 11 is 0. The first-order valence-corrected chi connectivity index (χ1v) is 5.81. The van der Waals surface area contributed by atoms with Crippen LogP contribution in [0.15, 0.2) is 36.5 Å². The molecule has 90 valence electrons. The Morgan fingerprint density at radius 3 is 2.76 bits per heavy atom. The minimum absolute atomic E-state index is 0.523. The lowest BCUT2D eigenvalue weighted by atomic mass is 10.2. The van der Waals surface area contributed by atoms with E-state index in [9.17, 15) is 0 Å². The summed E-state index contributed by atoms with van der Waals surface area (Å²) in [4.78, 5) is 2.10. The van der Waals surface area contributed by atoms with E-state index in [4.69, 9.17) is 5.73 Å². The molecule has 0 aliphatic heterocycles. The first kappa shape index (κ1) is 11.7. The largest absolute Gasteiger partial charge is 0.358 e. The summed E-state index contributed by atoms with van der Waals surface area (Å²) in [5, 5.41) is 4.55. The maximum absolute atomic E-state index is 5.73. The molecule has 0 saturated carbocycles. The first-order valence-electron chi connectivity index (χ1n) is 5.81. The quantitative estimate of drug-likeness (QED) is 0.871. The molecule has 4 heteroatoms. The summed E-state index contributed by atoms with van der Waals surface area (Å²) in [7, 11) is 2.03. The summed E-state index contributed by atoms with van der Waals surface area (Å²) in [6.07, 6.45) is 1.97. The molecular weight excluding hydrogens is 212 g/mol. The van der Waals surface area contributed by atoms with Crippen LogP contribution in [0.4, 0.5) is 5.82 Å². The number of para-hydroxylation sites is 1. The van der Waals surface area contributed by atoms with Crippen molar-refractivity contribution in [2.24, 2.45) is 5.73 Å². The van der Waals surface area contributed by atoms with Crippen LogP contribution in [0.3, 0.4) is 0 Å². The van der Waals surface area contributed by atoms with E-state index in [-0.39, 0.29) is 0 Å². The van der Waals surface area contributed by atoms with Crippen molar-refractivity contribution in [2.75, 3.05) is 18.5 Å². The molecule has 2 N–H and O–H groups in total. The molecule has 1 aromatic heterocycles. The Hall–Kier alpha value is -1.81. The van der Waals surface area contributed by atoms with Crippen molar-refractivity contribution in [1.82, 2.24) is 9.78 Å². The SMILES string of the molecule is CCN(C)c1ccn(-c2ccccc2CN)n1. The number of aromatic nitrogens is 2. The third kappa shape index (κ3) is 2.31. The normalized spacial score (nSPS) is 10.5. The van der Waals surface area contributed by atoms with Gasteiger partial charge in [0.2, 0.25) is 0 Å². The van der Waals surface area contributed by atoms with Gasteiger partial charge in [-0.05, 0) is 18.6 Å². The maximum atomic E-state index is 5.73. The molecule has 0 saturated heterocycles. The van der Waals surface area contributed by atoms with Crippen LogP contribution in [0.5, 0.6) is 0 Å². The Morgan fingerprint density at radius 1 is 1.29 bits per heavy atom. The lowest BCUT2D eigenvalue weighted by Gasteiger charge is -2.12. The van der Waals surface area contributed by atoms with Gasteiger partial charge in [-0.1, -0.05) is 18.2 Å². The van der Waals surface area contributed by atoms with Crippen LogP contribution in [-0.2, 0) is 6.54 Å². The Kier molecular flexibility index (Phi) is 3.44. The van der Waals surface area contributed by atoms with Crippen molar-refractivity contribution < 1.29 is 0 Å². The van der Waals surface area contributed by atoms with Crippen molar-refractivity contribution in [3.05, 3.63) is 42.1 Å². The van der Waals surface area contributed by atoms with Gasteiger partial charge in [0.15, 0.2) is 5.82 Å². The lowest BCUT2D eigenvalue weighted by Crippen LogP contribution is -2.16. The number of nitrogens with zero attached hydrogens (tertiary/aromatic N) is 3. The highest BCUT2D eigenvalue weighted by molar-refractivity contribution is 5.43. The van der Waals surface area contributed by atoms with Crippen molar-refractivity contribution in [1.29, 1.82) is 0 Å². The highest BCUT2D eigenvalue weighted by atomic mass is 15.3. The lowest BCUT2D eigenvalue weighted by molar-refractivity contribution is 0.832. The van der Waals surface area contributed by atoms with Gasteiger partial charge in [0.25, 0.3) is 0 Å². The molecule has 0 aliphatic rings. The molecule has 2 aromatic rings. The third-order valence-electron chi connectivity index (χ3n) is 2.90. The van der Waals surface area contributed by atoms with Crippen LogP contribution >= 0.6 is 0 Å². The molecular formula is C13H18N4. The minimum Gasteiger partial charge on any atom is -0.358 e. The van der Waals surface area contributed by atoms with Gasteiger partial charge in [0.05, 0.1) is 5.69 Å². The molecule has 1 heterocycles. The number of benzene rings is 1. The highest BCUT2D eigenvalue weighted by Crippen LogP contribution is 2.16. The maximum Gasteiger partial charge on any atom is 0.150 e. The second-order valence-corrected chi connectivity index (χ2v) is 3.97. The zero-order chi connectivity index (χ0) is 12.3. The minimum atomic E-state index is 0.523. The zero-order valence-corrected chi connectivity index (χ0v) is 10.3. The van der Waals surface area contributed by atoms with E-state index < -0.39 is 0 Å². The van der Waals surface area contributed by atoms with Crippen molar-refractivity contribution >= 4 is 5.82 Å². The molecule has 17 heavy (non-hydrogen) atoms. The van der Waals surface area contributed by atoms with Gasteiger partial charge >= 0.3 is 0 Å². The van der Waals surface area contributed by atoms with E-state index in [0.29, 0.717) is 6.54 Å². The molecule has 0 unspecified atom stereocenters. The van der Waals surface area contributed by atoms with Gasteiger partial charge in [-0.2, -0.15) is 5.10 Å². The van der Waals surface area contributed by atoms with E-state index in [1.165, 1.54) is 0 Å². The van der Waals surface area contributed by atoms with E-state index in [1.807, 2.05) is 48.3 Å². The van der Waals surface area contributed by atoms with Crippen molar-refractivity contribution in [3.63, 3.8) is 0 Å². The second kappa shape index (κ2) is 5.01. The standard InChI is InChI=1S/C13H18N4/c1-3-16(2)13-8-9-17(15-13)12-7-5-4-6-11(12)10-14/h4-9H,3,10,14H2,1-2H3. The average Bonchev–Trinajstić information content (AvgIpc) is 2.87. The summed E-state index contributed by atoms with van der Waals surface area (Å²) in [6.45, 7) is 3.57. The number of rotatable bonds is 4. The van der Waals surface area contributed by atoms with Gasteiger partial charge in [0.1, 0.15) is 0 Å². The molecule has 0 aliphatic carbocycles. The van der Waals surface area contributed by atoms with Gasteiger partial charge in [-0.25, -0.2) is 4.68 Å². The predicted octanol–water partition coefficient (Wildman–Crippen LogP) is 1.79. The van der Waals surface area contributed by atoms with Crippen molar-refractivity contribution in [2.45, 2.75) is 13.5 Å². The van der Waals surface area contributed by atoms with Gasteiger partial charge in [-0.15, -0.1) is 0 Å². The average molecular weight is 230 g/mol. The molecule has 0 radical (unpaired) electrons. The fourth-order valence-electron chi connectivity index (χ4n) is 1.72. The summed E-state index contributed by atoms with van der Waals surface area (Å²) < 4.78 is 1.88. The zero-order valence-electron chi connectivity index (χ0n) is 10.3. The number of hydrogen-bond donors (Lipinski definition) is 1. The van der Waals surface area contributed by atoms with E-state index >= 15 is 0 Å². The molecule has 0 spiro atoms. The fourth-order valence-corrected chi connectivity index (χ4v) is 1.72. The van der Waals surface area contributed by atoms with E-state index in [2.05, 4.69) is 16.9 Å². The number of nitrogens with two attached hydrogens (primary N) is 1. The fraction of sp³-hybridized carbons (Fsp3) is 0.308. The molecule has 4 nitrogen and oxygen atoms in total. The van der Waals surface area contributed by atoms with Crippen LogP contribution in [-0.4, -0.2) is 23.4 Å². The monoisotopic (exact) mass is 230 g/mol. The summed E-state index contributed by atoms with van der Waals surface area (Å²) in [5.74, 6) is 0.972. The van der Waals surface area contributed by atoms with Crippen LogP contribution in [0, 0.1) is 0 Å². The molecule has 0 amide bonds. The summed E-state index contributed by atoms with van der Waals surface area (Å²) in [6, 6.07) is 10.1. The van der Waals surface area contributed by atoms with Crippen LogP contribution < -0.4 is 10.6 Å². The number of anilines is 1. The smallest absolute Gasteiger partial charge is 0.150 e. The molecule has 0 atom stereocenters. The Morgan fingerprint density at radius 2 is 2.06 bits per heavy atom. The van der Waals surface area contributed by atoms with Crippen LogP contribution in [0.25, 0.3) is 5.69 Å². The van der Waals surface area contributed by atoms with E-state index in [0.717, 1.165) is 23.6 Å². The predicted molar refractivity (Wildman–Crippen MR) is 70.4 cm³/mol. The number of hydrogen-bond acceptors (Lipinski definition) is 3. The van der Waals surface area contributed by atoms with E-state index in [1.54, 1.807) is 0 Å². The van der Waals surface area contributed by atoms with Crippen LogP contribution in [0.1, 0.15) is 12.5 Å². The topological polar surface area (TPSA) is 47.1 Å². The Labute approximate surface area is 102 Å². The first-order chi connectivity index (χ1) is 8.26. The second-order valence-electron chi connectivity index (χ2n) is 3.97. The highest BCUT2D eigenvalue weighted by Gasteiger charge is 2.06. The Balaban J connectivity index is 2.37. The summed E-state index contributed by atoms with van der Waals surface area (Å²) in [5.41, 5.74) is 7.87. The van der Waals surface area contributed by atoms with Crippen molar-refractivity contribution in [3.8, 4) is 5.69 Å². The van der Waals surface area contributed by atoms with Gasteiger partial charge < -0.3 is 10.6 Å². The van der Waals surface area contributed by atoms with Gasteiger partial charge in [-0.3, -0.25) is 0 Å². The van der Waals surface area contributed by atoms with Gasteiger partial charge in [0, 0.05) is 32.4 Å². The molecule has 2 rings (SSSR count).